The largest absolute Gasteiger partial charge is 0.320 e. The average Bonchev–Trinajstić information content (AvgIpc) is 2.03. The molecule has 0 aliphatic carbocycles. The Morgan fingerprint density at radius 2 is 2.50 bits per heavy atom. The molecule has 1 heterocycles. The van der Waals surface area contributed by atoms with Crippen LogP contribution in [0.5, 0.6) is 0 Å². The van der Waals surface area contributed by atoms with Crippen LogP contribution in [0.15, 0.2) is 12.2 Å². The SMILES string of the molecule is CNCCC1CC=CCN1. The van der Waals surface area contributed by atoms with E-state index in [1.807, 2.05) is 7.05 Å². The van der Waals surface area contributed by atoms with E-state index in [9.17, 15) is 0 Å². The minimum atomic E-state index is 0.706. The predicted octanol–water partition coefficient (Wildman–Crippen LogP) is 0.514. The summed E-state index contributed by atoms with van der Waals surface area (Å²) < 4.78 is 0. The molecule has 0 radical (unpaired) electrons. The molecule has 0 spiro atoms. The van der Waals surface area contributed by atoms with Crippen molar-refractivity contribution in [3.63, 3.8) is 0 Å². The molecule has 2 N–H and O–H groups in total. The number of hydrogen-bond acceptors (Lipinski definition) is 2. The zero-order chi connectivity index (χ0) is 7.23. The molecule has 1 rings (SSSR count). The van der Waals surface area contributed by atoms with Crippen LogP contribution in [0.2, 0.25) is 0 Å². The summed E-state index contributed by atoms with van der Waals surface area (Å²) in [7, 11) is 2.00. The lowest BCUT2D eigenvalue weighted by molar-refractivity contribution is 0.485. The molecule has 0 fully saturated rings. The van der Waals surface area contributed by atoms with Crippen molar-refractivity contribution in [3.8, 4) is 0 Å². The fraction of sp³-hybridized carbons (Fsp3) is 0.750. The molecule has 1 unspecified atom stereocenters. The first kappa shape index (κ1) is 7.76. The summed E-state index contributed by atoms with van der Waals surface area (Å²) in [5.41, 5.74) is 0. The zero-order valence-electron chi connectivity index (χ0n) is 6.56. The molecule has 0 aromatic heterocycles. The van der Waals surface area contributed by atoms with Crippen molar-refractivity contribution in [3.05, 3.63) is 12.2 Å². The number of nitrogens with one attached hydrogen (secondary N) is 2. The van der Waals surface area contributed by atoms with Crippen molar-refractivity contribution in [1.29, 1.82) is 0 Å². The van der Waals surface area contributed by atoms with Crippen molar-refractivity contribution >= 4 is 0 Å². The van der Waals surface area contributed by atoms with Crippen LogP contribution in [0.3, 0.4) is 0 Å². The van der Waals surface area contributed by atoms with Crippen LogP contribution in [0.1, 0.15) is 12.8 Å². The monoisotopic (exact) mass is 140 g/mol. The molecule has 1 aliphatic rings. The van der Waals surface area contributed by atoms with Crippen LogP contribution in [0.25, 0.3) is 0 Å². The molecule has 2 heteroatoms. The lowest BCUT2D eigenvalue weighted by atomic mass is 10.1. The van der Waals surface area contributed by atoms with Gasteiger partial charge in [0, 0.05) is 12.6 Å². The Balaban J connectivity index is 2.10. The Labute approximate surface area is 62.7 Å². The summed E-state index contributed by atoms with van der Waals surface area (Å²) in [6.07, 6.45) is 6.88. The van der Waals surface area contributed by atoms with Gasteiger partial charge in [0.1, 0.15) is 0 Å². The highest BCUT2D eigenvalue weighted by Gasteiger charge is 2.06. The molecule has 0 amide bonds. The van der Waals surface area contributed by atoms with Crippen molar-refractivity contribution in [2.24, 2.45) is 0 Å². The molecule has 0 aromatic carbocycles. The van der Waals surface area contributed by atoms with Gasteiger partial charge >= 0.3 is 0 Å². The van der Waals surface area contributed by atoms with Crippen LogP contribution < -0.4 is 10.6 Å². The van der Waals surface area contributed by atoms with Crippen LogP contribution in [0, 0.1) is 0 Å². The molecule has 2 nitrogen and oxygen atoms in total. The molecule has 0 saturated carbocycles. The smallest absolute Gasteiger partial charge is 0.0137 e. The Kier molecular flexibility index (Phi) is 3.47. The third-order valence-corrected chi connectivity index (χ3v) is 1.85. The van der Waals surface area contributed by atoms with E-state index < -0.39 is 0 Å². The summed E-state index contributed by atoms with van der Waals surface area (Å²) in [5, 5.41) is 6.58. The van der Waals surface area contributed by atoms with Crippen molar-refractivity contribution in [2.75, 3.05) is 20.1 Å². The molecule has 0 bridgehead atoms. The van der Waals surface area contributed by atoms with Gasteiger partial charge in [-0.2, -0.15) is 0 Å². The molecular weight excluding hydrogens is 124 g/mol. The Bertz CT molecular complexity index is 110. The summed E-state index contributed by atoms with van der Waals surface area (Å²) in [6.45, 7) is 2.17. The first-order valence-corrected chi connectivity index (χ1v) is 3.96. The summed E-state index contributed by atoms with van der Waals surface area (Å²) in [5.74, 6) is 0. The van der Waals surface area contributed by atoms with E-state index in [2.05, 4.69) is 22.8 Å². The van der Waals surface area contributed by atoms with Crippen molar-refractivity contribution in [1.82, 2.24) is 10.6 Å². The van der Waals surface area contributed by atoms with Gasteiger partial charge in [0.25, 0.3) is 0 Å². The van der Waals surface area contributed by atoms with E-state index in [0.29, 0.717) is 6.04 Å². The summed E-state index contributed by atoms with van der Waals surface area (Å²) in [4.78, 5) is 0. The van der Waals surface area contributed by atoms with E-state index >= 15 is 0 Å². The fourth-order valence-corrected chi connectivity index (χ4v) is 1.20. The molecule has 58 valence electrons. The van der Waals surface area contributed by atoms with E-state index in [1.165, 1.54) is 12.8 Å². The van der Waals surface area contributed by atoms with Crippen LogP contribution in [0.4, 0.5) is 0 Å². The zero-order valence-corrected chi connectivity index (χ0v) is 6.56. The minimum absolute atomic E-state index is 0.706. The third kappa shape index (κ3) is 2.50. The standard InChI is InChI=1S/C8H16N2/c1-9-7-5-8-4-2-3-6-10-8/h2-3,8-10H,4-7H2,1H3. The maximum Gasteiger partial charge on any atom is 0.0137 e. The third-order valence-electron chi connectivity index (χ3n) is 1.85. The van der Waals surface area contributed by atoms with Gasteiger partial charge in [-0.3, -0.25) is 0 Å². The first-order valence-electron chi connectivity index (χ1n) is 3.96. The van der Waals surface area contributed by atoms with E-state index in [1.54, 1.807) is 0 Å². The van der Waals surface area contributed by atoms with E-state index in [0.717, 1.165) is 13.1 Å². The molecule has 0 aromatic rings. The predicted molar refractivity (Wildman–Crippen MR) is 44.1 cm³/mol. The number of rotatable bonds is 3. The second-order valence-electron chi connectivity index (χ2n) is 2.70. The van der Waals surface area contributed by atoms with Gasteiger partial charge in [-0.25, -0.2) is 0 Å². The van der Waals surface area contributed by atoms with Crippen LogP contribution in [-0.4, -0.2) is 26.2 Å². The van der Waals surface area contributed by atoms with Gasteiger partial charge in [-0.05, 0) is 26.4 Å². The summed E-state index contributed by atoms with van der Waals surface area (Å²) in [6, 6.07) is 0.706. The maximum absolute atomic E-state index is 3.43. The second-order valence-corrected chi connectivity index (χ2v) is 2.70. The van der Waals surface area contributed by atoms with Crippen molar-refractivity contribution in [2.45, 2.75) is 18.9 Å². The molecule has 1 aliphatic heterocycles. The maximum atomic E-state index is 3.43. The van der Waals surface area contributed by atoms with Crippen LogP contribution in [-0.2, 0) is 0 Å². The average molecular weight is 140 g/mol. The fourth-order valence-electron chi connectivity index (χ4n) is 1.20. The van der Waals surface area contributed by atoms with Crippen LogP contribution >= 0.6 is 0 Å². The highest BCUT2D eigenvalue weighted by molar-refractivity contribution is 4.94. The topological polar surface area (TPSA) is 24.1 Å². The highest BCUT2D eigenvalue weighted by Crippen LogP contribution is 2.02. The van der Waals surface area contributed by atoms with Gasteiger partial charge in [0.15, 0.2) is 0 Å². The Morgan fingerprint density at radius 1 is 1.60 bits per heavy atom. The summed E-state index contributed by atoms with van der Waals surface area (Å²) >= 11 is 0. The molecule has 0 saturated heterocycles. The molecular formula is C8H16N2. The molecule has 1 atom stereocenters. The number of hydrogen-bond donors (Lipinski definition) is 2. The minimum Gasteiger partial charge on any atom is -0.320 e. The lowest BCUT2D eigenvalue weighted by Gasteiger charge is -2.18. The second kappa shape index (κ2) is 4.47. The van der Waals surface area contributed by atoms with E-state index in [4.69, 9.17) is 0 Å². The van der Waals surface area contributed by atoms with Gasteiger partial charge in [-0.15, -0.1) is 0 Å². The van der Waals surface area contributed by atoms with Gasteiger partial charge < -0.3 is 10.6 Å². The first-order chi connectivity index (χ1) is 4.93. The Morgan fingerprint density at radius 3 is 3.10 bits per heavy atom. The van der Waals surface area contributed by atoms with E-state index in [-0.39, 0.29) is 0 Å². The highest BCUT2D eigenvalue weighted by atomic mass is 14.9. The van der Waals surface area contributed by atoms with Gasteiger partial charge in [0.2, 0.25) is 0 Å². The van der Waals surface area contributed by atoms with Gasteiger partial charge in [0.05, 0.1) is 0 Å². The molecule has 10 heavy (non-hydrogen) atoms. The Hall–Kier alpha value is -0.340. The van der Waals surface area contributed by atoms with Gasteiger partial charge in [-0.1, -0.05) is 12.2 Å². The quantitative estimate of drug-likeness (QED) is 0.558. The van der Waals surface area contributed by atoms with Crippen molar-refractivity contribution < 1.29 is 0 Å². The lowest BCUT2D eigenvalue weighted by Crippen LogP contribution is -2.33. The normalized spacial score (nSPS) is 25.1.